The van der Waals surface area contributed by atoms with Gasteiger partial charge in [-0.2, -0.15) is 0 Å². The normalized spacial score (nSPS) is 11.0. The van der Waals surface area contributed by atoms with Crippen molar-refractivity contribution in [2.24, 2.45) is 0 Å². The van der Waals surface area contributed by atoms with Gasteiger partial charge in [0.2, 0.25) is 0 Å². The number of pyridine rings is 1. The van der Waals surface area contributed by atoms with Gasteiger partial charge in [-0.25, -0.2) is 14.8 Å². The smallest absolute Gasteiger partial charge is 0.328 e. The lowest BCUT2D eigenvalue weighted by Crippen LogP contribution is -2.07. The van der Waals surface area contributed by atoms with Crippen LogP contribution in [-0.2, 0) is 6.54 Å². The number of ketones is 1. The van der Waals surface area contributed by atoms with Crippen molar-refractivity contribution in [1.82, 2.24) is 19.5 Å². The zero-order valence-corrected chi connectivity index (χ0v) is 14.1. The maximum atomic E-state index is 11.4. The van der Waals surface area contributed by atoms with E-state index in [0.717, 1.165) is 27.7 Å². The number of fused-ring (bicyclic) bond motifs is 1. The fraction of sp³-hybridized carbons (Fsp3) is 0.100. The van der Waals surface area contributed by atoms with Crippen LogP contribution in [0.5, 0.6) is 0 Å². The number of rotatable bonds is 4. The third-order valence-electron chi connectivity index (χ3n) is 4.32. The minimum atomic E-state index is -0.371. The Bertz CT molecular complexity index is 1140. The highest BCUT2D eigenvalue weighted by Gasteiger charge is 2.07. The summed E-state index contributed by atoms with van der Waals surface area (Å²) < 4.78 is 2.06. The first-order valence-electron chi connectivity index (χ1n) is 8.20. The number of aromatic amines is 1. The number of nitrogens with zero attached hydrogens (tertiary/aromatic N) is 3. The Hall–Kier alpha value is -3.54. The fourth-order valence-electron chi connectivity index (χ4n) is 2.91. The van der Waals surface area contributed by atoms with Crippen LogP contribution < -0.4 is 5.69 Å². The highest BCUT2D eigenvalue weighted by atomic mass is 16.1. The van der Waals surface area contributed by atoms with Crippen LogP contribution in [0.1, 0.15) is 22.8 Å². The highest BCUT2D eigenvalue weighted by Crippen LogP contribution is 2.22. The Kier molecular flexibility index (Phi) is 3.93. The van der Waals surface area contributed by atoms with Crippen molar-refractivity contribution in [1.29, 1.82) is 0 Å². The van der Waals surface area contributed by atoms with Gasteiger partial charge >= 0.3 is 5.69 Å². The molecule has 0 radical (unpaired) electrons. The molecule has 0 saturated carbocycles. The minimum Gasteiger partial charge on any atom is -0.328 e. The molecule has 6 heteroatoms. The Balaban J connectivity index is 1.64. The highest BCUT2D eigenvalue weighted by molar-refractivity contribution is 5.94. The van der Waals surface area contributed by atoms with E-state index in [0.29, 0.717) is 12.1 Å². The van der Waals surface area contributed by atoms with Crippen LogP contribution >= 0.6 is 0 Å². The Morgan fingerprint density at radius 3 is 2.54 bits per heavy atom. The average Bonchev–Trinajstić information content (AvgIpc) is 3.05. The molecule has 0 unspecified atom stereocenters. The first-order valence-corrected chi connectivity index (χ1v) is 8.20. The summed E-state index contributed by atoms with van der Waals surface area (Å²) in [7, 11) is 0. The first-order chi connectivity index (χ1) is 12.6. The molecule has 0 spiro atoms. The number of aromatic nitrogens is 4. The summed E-state index contributed by atoms with van der Waals surface area (Å²) in [5.41, 5.74) is 4.02. The number of carbonyl (C=O) groups is 1. The molecule has 3 aromatic heterocycles. The number of Topliss-reactive ketones (excluding diaryl/α,β-unsaturated/α-hetero) is 1. The van der Waals surface area contributed by atoms with E-state index in [9.17, 15) is 9.59 Å². The van der Waals surface area contributed by atoms with E-state index >= 15 is 0 Å². The number of benzene rings is 1. The van der Waals surface area contributed by atoms with E-state index in [4.69, 9.17) is 0 Å². The van der Waals surface area contributed by atoms with Gasteiger partial charge in [0.1, 0.15) is 5.65 Å². The fourth-order valence-corrected chi connectivity index (χ4v) is 2.91. The molecule has 0 aliphatic rings. The maximum Gasteiger partial charge on any atom is 0.344 e. The average molecular weight is 344 g/mol. The lowest BCUT2D eigenvalue weighted by atomic mass is 10.1. The van der Waals surface area contributed by atoms with E-state index in [1.54, 1.807) is 19.3 Å². The first kappa shape index (κ1) is 16.0. The number of nitrogens with one attached hydrogen (secondary N) is 1. The summed E-state index contributed by atoms with van der Waals surface area (Å²) in [5, 5.41) is 1.01. The number of hydrogen-bond donors (Lipinski definition) is 1. The molecule has 0 bridgehead atoms. The zero-order valence-electron chi connectivity index (χ0n) is 14.1. The third kappa shape index (κ3) is 3.04. The molecule has 0 fully saturated rings. The lowest BCUT2D eigenvalue weighted by molar-refractivity contribution is 0.101. The predicted octanol–water partition coefficient (Wildman–Crippen LogP) is 3.04. The molecular formula is C20H16N4O2. The van der Waals surface area contributed by atoms with Crippen LogP contribution in [0.25, 0.3) is 22.2 Å². The summed E-state index contributed by atoms with van der Waals surface area (Å²) in [4.78, 5) is 33.4. The maximum absolute atomic E-state index is 11.4. The predicted molar refractivity (Wildman–Crippen MR) is 99.1 cm³/mol. The molecule has 26 heavy (non-hydrogen) atoms. The Labute approximate surface area is 149 Å². The summed E-state index contributed by atoms with van der Waals surface area (Å²) in [6, 6.07) is 11.6. The van der Waals surface area contributed by atoms with Gasteiger partial charge in [0.15, 0.2) is 5.78 Å². The summed E-state index contributed by atoms with van der Waals surface area (Å²) in [6.07, 6.45) is 6.93. The van der Waals surface area contributed by atoms with Gasteiger partial charge in [-0.05, 0) is 24.6 Å². The second-order valence-corrected chi connectivity index (χ2v) is 6.14. The van der Waals surface area contributed by atoms with Gasteiger partial charge in [0, 0.05) is 53.4 Å². The number of carbonyl (C=O) groups excluding carboxylic acids is 1. The van der Waals surface area contributed by atoms with Crippen LogP contribution in [0, 0.1) is 0 Å². The van der Waals surface area contributed by atoms with Crippen LogP contribution in [0.2, 0.25) is 0 Å². The van der Waals surface area contributed by atoms with Gasteiger partial charge in [0.25, 0.3) is 0 Å². The lowest BCUT2D eigenvalue weighted by Gasteiger charge is -2.07. The van der Waals surface area contributed by atoms with Crippen molar-refractivity contribution < 1.29 is 4.79 Å². The third-order valence-corrected chi connectivity index (χ3v) is 4.32. The van der Waals surface area contributed by atoms with Gasteiger partial charge in [-0.3, -0.25) is 4.79 Å². The van der Waals surface area contributed by atoms with E-state index in [1.165, 1.54) is 6.20 Å². The molecule has 0 atom stereocenters. The Morgan fingerprint density at radius 2 is 1.85 bits per heavy atom. The Morgan fingerprint density at radius 1 is 1.08 bits per heavy atom. The van der Waals surface area contributed by atoms with Gasteiger partial charge < -0.3 is 9.55 Å². The summed E-state index contributed by atoms with van der Waals surface area (Å²) >= 11 is 0. The van der Waals surface area contributed by atoms with Crippen molar-refractivity contribution in [3.8, 4) is 11.1 Å². The van der Waals surface area contributed by atoms with Crippen LogP contribution in [-0.4, -0.2) is 25.3 Å². The second kappa shape index (κ2) is 6.40. The molecule has 3 heterocycles. The van der Waals surface area contributed by atoms with Crippen molar-refractivity contribution in [2.75, 3.05) is 0 Å². The van der Waals surface area contributed by atoms with Crippen LogP contribution in [0.3, 0.4) is 0 Å². The van der Waals surface area contributed by atoms with Crippen molar-refractivity contribution in [2.45, 2.75) is 13.5 Å². The van der Waals surface area contributed by atoms with E-state index in [2.05, 4.69) is 19.5 Å². The molecule has 0 saturated heterocycles. The largest absolute Gasteiger partial charge is 0.344 e. The molecule has 0 aliphatic heterocycles. The molecule has 128 valence electrons. The molecule has 6 nitrogen and oxygen atoms in total. The van der Waals surface area contributed by atoms with E-state index in [-0.39, 0.29) is 11.5 Å². The second-order valence-electron chi connectivity index (χ2n) is 6.14. The SMILES string of the molecule is CC(=O)c1ccc(Cn2ccc3cc(-c4cnc(=O)[nH]c4)cnc32)cc1. The quantitative estimate of drug-likeness (QED) is 0.577. The number of H-pyrrole nitrogens is 1. The van der Waals surface area contributed by atoms with Gasteiger partial charge in [0.05, 0.1) is 0 Å². The monoisotopic (exact) mass is 344 g/mol. The van der Waals surface area contributed by atoms with E-state index in [1.807, 2.05) is 42.6 Å². The van der Waals surface area contributed by atoms with Crippen molar-refractivity contribution in [3.63, 3.8) is 0 Å². The summed E-state index contributed by atoms with van der Waals surface area (Å²) in [5.74, 6) is 0.0638. The zero-order chi connectivity index (χ0) is 18.1. The molecule has 1 aromatic carbocycles. The van der Waals surface area contributed by atoms with Crippen molar-refractivity contribution >= 4 is 16.8 Å². The van der Waals surface area contributed by atoms with Gasteiger partial charge in [-0.15, -0.1) is 0 Å². The molecule has 4 rings (SSSR count). The standard InChI is InChI=1S/C20H16N4O2/c1-13(25)15-4-2-14(3-5-15)12-24-7-6-16-8-17(9-21-19(16)24)18-10-22-20(26)23-11-18/h2-11H,12H2,1H3,(H,22,23,26). The van der Waals surface area contributed by atoms with Crippen LogP contribution in [0.4, 0.5) is 0 Å². The molecular weight excluding hydrogens is 328 g/mol. The topological polar surface area (TPSA) is 80.6 Å². The summed E-state index contributed by atoms with van der Waals surface area (Å²) in [6.45, 7) is 2.24. The molecule has 4 aromatic rings. The van der Waals surface area contributed by atoms with Gasteiger partial charge in [-0.1, -0.05) is 24.3 Å². The minimum absolute atomic E-state index is 0.0638. The molecule has 0 aliphatic carbocycles. The van der Waals surface area contributed by atoms with E-state index < -0.39 is 0 Å². The van der Waals surface area contributed by atoms with Crippen molar-refractivity contribution in [3.05, 3.63) is 82.8 Å². The molecule has 0 amide bonds. The van der Waals surface area contributed by atoms with Crippen LogP contribution in [0.15, 0.2) is 66.0 Å². The molecule has 1 N–H and O–H groups in total. The number of hydrogen-bond acceptors (Lipinski definition) is 4.